The molecule has 0 saturated carbocycles. The number of para-hydroxylation sites is 1. The summed E-state index contributed by atoms with van der Waals surface area (Å²) in [5.74, 6) is 2.86. The minimum absolute atomic E-state index is 0.632. The van der Waals surface area contributed by atoms with E-state index in [0.29, 0.717) is 5.92 Å². The van der Waals surface area contributed by atoms with E-state index in [1.165, 1.54) is 44.7 Å². The fourth-order valence-electron chi connectivity index (χ4n) is 3.33. The van der Waals surface area contributed by atoms with Crippen molar-refractivity contribution in [3.63, 3.8) is 0 Å². The van der Waals surface area contributed by atoms with Crippen molar-refractivity contribution in [3.05, 3.63) is 48.5 Å². The van der Waals surface area contributed by atoms with Gasteiger partial charge in [-0.2, -0.15) is 0 Å². The highest BCUT2D eigenvalue weighted by atomic mass is 16.5. The van der Waals surface area contributed by atoms with Crippen molar-refractivity contribution in [1.82, 2.24) is 14.5 Å². The minimum Gasteiger partial charge on any atom is -0.494 e. The van der Waals surface area contributed by atoms with E-state index in [1.807, 2.05) is 36.5 Å². The number of likely N-dealkylation sites (tertiary alicyclic amines) is 1. The standard InChI is InChI=1S/C19H27N3O/c1-21-15-11-20-19(21)17-9-13-22(14-10-17)12-5-6-16-23-18-7-3-2-4-8-18/h2-4,7-8,11,15,17H,5-6,9-10,12-14,16H2,1H3. The van der Waals surface area contributed by atoms with Crippen LogP contribution in [0.15, 0.2) is 42.7 Å². The Balaban J connectivity index is 1.30. The lowest BCUT2D eigenvalue weighted by Crippen LogP contribution is -2.34. The van der Waals surface area contributed by atoms with Crippen LogP contribution in [0.1, 0.15) is 37.4 Å². The van der Waals surface area contributed by atoms with Crippen molar-refractivity contribution in [2.45, 2.75) is 31.6 Å². The maximum absolute atomic E-state index is 5.75. The summed E-state index contributed by atoms with van der Waals surface area (Å²) in [7, 11) is 2.10. The van der Waals surface area contributed by atoms with Crippen LogP contribution in [0.2, 0.25) is 0 Å². The van der Waals surface area contributed by atoms with Gasteiger partial charge in [0.25, 0.3) is 0 Å². The molecule has 2 aromatic rings. The average Bonchev–Trinajstić information content (AvgIpc) is 3.02. The Labute approximate surface area is 139 Å². The first-order valence-corrected chi connectivity index (χ1v) is 8.70. The molecule has 1 aliphatic rings. The molecule has 1 aliphatic heterocycles. The quantitative estimate of drug-likeness (QED) is 0.733. The summed E-state index contributed by atoms with van der Waals surface area (Å²) in [6.07, 6.45) is 8.74. The second-order valence-corrected chi connectivity index (χ2v) is 6.38. The summed E-state index contributed by atoms with van der Waals surface area (Å²) in [4.78, 5) is 7.09. The normalized spacial score (nSPS) is 16.6. The zero-order valence-electron chi connectivity index (χ0n) is 14.0. The van der Waals surface area contributed by atoms with Gasteiger partial charge in [-0.15, -0.1) is 0 Å². The third-order valence-corrected chi connectivity index (χ3v) is 4.69. The third kappa shape index (κ3) is 4.58. The summed E-state index contributed by atoms with van der Waals surface area (Å²) in [5, 5.41) is 0. The Bertz CT molecular complexity index is 573. The average molecular weight is 313 g/mol. The second-order valence-electron chi connectivity index (χ2n) is 6.38. The van der Waals surface area contributed by atoms with Crippen molar-refractivity contribution >= 4 is 0 Å². The molecule has 0 spiro atoms. The number of hydrogen-bond donors (Lipinski definition) is 0. The molecule has 0 radical (unpaired) electrons. The highest BCUT2D eigenvalue weighted by molar-refractivity contribution is 5.20. The van der Waals surface area contributed by atoms with Crippen molar-refractivity contribution in [3.8, 4) is 5.75 Å². The number of unbranched alkanes of at least 4 members (excludes halogenated alkanes) is 1. The summed E-state index contributed by atoms with van der Waals surface area (Å²) >= 11 is 0. The smallest absolute Gasteiger partial charge is 0.119 e. The molecule has 0 atom stereocenters. The van der Waals surface area contributed by atoms with Crippen molar-refractivity contribution in [1.29, 1.82) is 0 Å². The summed E-state index contributed by atoms with van der Waals surface area (Å²) in [5.41, 5.74) is 0. The Morgan fingerprint density at radius 3 is 2.61 bits per heavy atom. The third-order valence-electron chi connectivity index (χ3n) is 4.69. The van der Waals surface area contributed by atoms with Gasteiger partial charge in [-0.3, -0.25) is 0 Å². The van der Waals surface area contributed by atoms with Gasteiger partial charge in [0.05, 0.1) is 6.61 Å². The lowest BCUT2D eigenvalue weighted by Gasteiger charge is -2.31. The van der Waals surface area contributed by atoms with E-state index in [1.54, 1.807) is 0 Å². The van der Waals surface area contributed by atoms with E-state index < -0.39 is 0 Å². The highest BCUT2D eigenvalue weighted by Crippen LogP contribution is 2.26. The molecule has 0 amide bonds. The SMILES string of the molecule is Cn1ccnc1C1CCN(CCCCOc2ccccc2)CC1. The maximum atomic E-state index is 5.75. The Hall–Kier alpha value is -1.81. The Kier molecular flexibility index (Phi) is 5.70. The van der Waals surface area contributed by atoms with E-state index in [0.717, 1.165) is 18.8 Å². The van der Waals surface area contributed by atoms with Gasteiger partial charge >= 0.3 is 0 Å². The van der Waals surface area contributed by atoms with E-state index in [4.69, 9.17) is 4.74 Å². The number of nitrogens with zero attached hydrogens (tertiary/aromatic N) is 3. The lowest BCUT2D eigenvalue weighted by atomic mass is 9.96. The number of piperidine rings is 1. The minimum atomic E-state index is 0.632. The Morgan fingerprint density at radius 1 is 1.13 bits per heavy atom. The predicted molar refractivity (Wildman–Crippen MR) is 92.8 cm³/mol. The van der Waals surface area contributed by atoms with Crippen LogP contribution >= 0.6 is 0 Å². The van der Waals surface area contributed by atoms with E-state index in [9.17, 15) is 0 Å². The fourth-order valence-corrected chi connectivity index (χ4v) is 3.33. The van der Waals surface area contributed by atoms with E-state index >= 15 is 0 Å². The number of hydrogen-bond acceptors (Lipinski definition) is 3. The first-order chi connectivity index (χ1) is 11.3. The fraction of sp³-hybridized carbons (Fsp3) is 0.526. The maximum Gasteiger partial charge on any atom is 0.119 e. The molecule has 1 aromatic heterocycles. The molecule has 23 heavy (non-hydrogen) atoms. The number of aryl methyl sites for hydroxylation is 1. The first-order valence-electron chi connectivity index (χ1n) is 8.70. The number of benzene rings is 1. The number of imidazole rings is 1. The topological polar surface area (TPSA) is 30.3 Å². The molecular weight excluding hydrogens is 286 g/mol. The summed E-state index contributed by atoms with van der Waals surface area (Å²) < 4.78 is 7.91. The Morgan fingerprint density at radius 2 is 1.91 bits per heavy atom. The highest BCUT2D eigenvalue weighted by Gasteiger charge is 2.22. The van der Waals surface area contributed by atoms with E-state index in [2.05, 4.69) is 27.7 Å². The van der Waals surface area contributed by atoms with Crippen LogP contribution in [0.4, 0.5) is 0 Å². The summed E-state index contributed by atoms with van der Waals surface area (Å²) in [6, 6.07) is 10.1. The molecule has 124 valence electrons. The zero-order valence-corrected chi connectivity index (χ0v) is 14.0. The van der Waals surface area contributed by atoms with Crippen molar-refractivity contribution in [2.75, 3.05) is 26.2 Å². The molecule has 4 heteroatoms. The van der Waals surface area contributed by atoms with Crippen molar-refractivity contribution < 1.29 is 4.74 Å². The molecule has 3 rings (SSSR count). The molecular formula is C19H27N3O. The molecule has 1 fully saturated rings. The zero-order chi connectivity index (χ0) is 15.9. The monoisotopic (exact) mass is 313 g/mol. The number of aromatic nitrogens is 2. The van der Waals surface area contributed by atoms with Gasteiger partial charge in [0.2, 0.25) is 0 Å². The van der Waals surface area contributed by atoms with Crippen LogP contribution in [0.5, 0.6) is 5.75 Å². The van der Waals surface area contributed by atoms with Gasteiger partial charge in [-0.05, 0) is 57.5 Å². The van der Waals surface area contributed by atoms with Gasteiger partial charge in [-0.1, -0.05) is 18.2 Å². The van der Waals surface area contributed by atoms with Crippen LogP contribution in [-0.4, -0.2) is 40.7 Å². The molecule has 4 nitrogen and oxygen atoms in total. The molecule has 0 unspecified atom stereocenters. The van der Waals surface area contributed by atoms with Crippen molar-refractivity contribution in [2.24, 2.45) is 7.05 Å². The van der Waals surface area contributed by atoms with Crippen LogP contribution in [-0.2, 0) is 7.05 Å². The van der Waals surface area contributed by atoms with E-state index in [-0.39, 0.29) is 0 Å². The molecule has 2 heterocycles. The van der Waals surface area contributed by atoms with Gasteiger partial charge in [-0.25, -0.2) is 4.98 Å². The van der Waals surface area contributed by atoms with Gasteiger partial charge in [0.15, 0.2) is 0 Å². The first kappa shape index (κ1) is 16.1. The molecule has 1 aromatic carbocycles. The van der Waals surface area contributed by atoms with Crippen LogP contribution in [0, 0.1) is 0 Å². The van der Waals surface area contributed by atoms with Gasteiger partial charge in [0, 0.05) is 25.4 Å². The number of rotatable bonds is 7. The van der Waals surface area contributed by atoms with Crippen LogP contribution < -0.4 is 4.74 Å². The predicted octanol–water partition coefficient (Wildman–Crippen LogP) is 3.46. The van der Waals surface area contributed by atoms with Crippen LogP contribution in [0.25, 0.3) is 0 Å². The number of ether oxygens (including phenoxy) is 1. The molecule has 0 bridgehead atoms. The van der Waals surface area contributed by atoms with Crippen LogP contribution in [0.3, 0.4) is 0 Å². The van der Waals surface area contributed by atoms with Gasteiger partial charge < -0.3 is 14.2 Å². The molecule has 0 aliphatic carbocycles. The summed E-state index contributed by atoms with van der Waals surface area (Å²) in [6.45, 7) is 4.38. The molecule has 1 saturated heterocycles. The second kappa shape index (κ2) is 8.16. The largest absolute Gasteiger partial charge is 0.494 e. The molecule has 0 N–H and O–H groups in total. The lowest BCUT2D eigenvalue weighted by molar-refractivity contribution is 0.198. The van der Waals surface area contributed by atoms with Gasteiger partial charge in [0.1, 0.15) is 11.6 Å².